The predicted octanol–water partition coefficient (Wildman–Crippen LogP) is 3.72. The first-order chi connectivity index (χ1) is 9.88. The first-order valence-electron chi connectivity index (χ1n) is 8.07. The molecule has 1 aromatic heterocycles. The van der Waals surface area contributed by atoms with Crippen molar-refractivity contribution < 1.29 is 4.79 Å². The minimum absolute atomic E-state index is 0.178. The van der Waals surface area contributed by atoms with Crippen LogP contribution in [0.2, 0.25) is 0 Å². The molecule has 2 heterocycles. The van der Waals surface area contributed by atoms with Gasteiger partial charge in [-0.2, -0.15) is 0 Å². The van der Waals surface area contributed by atoms with Crippen molar-refractivity contribution in [3.8, 4) is 0 Å². The third-order valence-electron chi connectivity index (χ3n) is 5.12. The maximum Gasteiger partial charge on any atom is 0.257 e. The molecule has 1 unspecified atom stereocenters. The monoisotopic (exact) mass is 306 g/mol. The number of nitrogens with zero attached hydrogens (tertiary/aromatic N) is 1. The molecule has 1 amide bonds. The van der Waals surface area contributed by atoms with Crippen LogP contribution in [0.25, 0.3) is 0 Å². The first kappa shape index (κ1) is 14.9. The second-order valence-electron chi connectivity index (χ2n) is 7.55. The molecular weight excluding hydrogens is 280 g/mol. The van der Waals surface area contributed by atoms with Crippen molar-refractivity contribution in [3.05, 3.63) is 16.0 Å². The van der Waals surface area contributed by atoms with Gasteiger partial charge in [-0.15, -0.1) is 11.3 Å². The number of carbonyl (C=O) groups is 1. The molecule has 1 aromatic rings. The molecule has 0 aromatic carbocycles. The van der Waals surface area contributed by atoms with Crippen molar-refractivity contribution in [1.29, 1.82) is 0 Å². The summed E-state index contributed by atoms with van der Waals surface area (Å²) in [6.45, 7) is 8.74. The standard InChI is InChI=1S/C17H26N2OS/c1-17(2,3)11-6-7-12-13(10-11)21-15(18)14(12)16(20)19-8-4-5-9-19/h11H,4-10,18H2,1-3H3. The van der Waals surface area contributed by atoms with Crippen LogP contribution in [0.3, 0.4) is 0 Å². The summed E-state index contributed by atoms with van der Waals surface area (Å²) in [7, 11) is 0. The number of nitrogens with two attached hydrogens (primary N) is 1. The van der Waals surface area contributed by atoms with Gasteiger partial charge in [0.15, 0.2) is 0 Å². The van der Waals surface area contributed by atoms with Gasteiger partial charge in [-0.25, -0.2) is 0 Å². The number of fused-ring (bicyclic) bond motifs is 1. The Bertz CT molecular complexity index is 550. The number of rotatable bonds is 1. The van der Waals surface area contributed by atoms with E-state index in [4.69, 9.17) is 5.73 Å². The van der Waals surface area contributed by atoms with Crippen molar-refractivity contribution in [2.24, 2.45) is 11.3 Å². The molecule has 2 aliphatic rings. The minimum atomic E-state index is 0.178. The third-order valence-corrected chi connectivity index (χ3v) is 6.21. The topological polar surface area (TPSA) is 46.3 Å². The van der Waals surface area contributed by atoms with Gasteiger partial charge in [0.05, 0.1) is 10.6 Å². The molecule has 0 radical (unpaired) electrons. The van der Waals surface area contributed by atoms with Crippen molar-refractivity contribution in [2.75, 3.05) is 18.8 Å². The van der Waals surface area contributed by atoms with Gasteiger partial charge in [-0.3, -0.25) is 4.79 Å². The first-order valence-corrected chi connectivity index (χ1v) is 8.89. The number of hydrogen-bond donors (Lipinski definition) is 1. The summed E-state index contributed by atoms with van der Waals surface area (Å²) in [5.74, 6) is 0.870. The molecule has 1 aliphatic heterocycles. The van der Waals surface area contributed by atoms with Gasteiger partial charge in [0.25, 0.3) is 5.91 Å². The molecule has 4 heteroatoms. The third kappa shape index (κ3) is 2.70. The highest BCUT2D eigenvalue weighted by Crippen LogP contribution is 2.43. The molecule has 1 atom stereocenters. The lowest BCUT2D eigenvalue weighted by Gasteiger charge is -2.34. The summed E-state index contributed by atoms with van der Waals surface area (Å²) in [5, 5.41) is 0.742. The molecule has 3 rings (SSSR count). The molecular formula is C17H26N2OS. The van der Waals surface area contributed by atoms with Crippen LogP contribution < -0.4 is 5.73 Å². The zero-order valence-electron chi connectivity index (χ0n) is 13.4. The fraction of sp³-hybridized carbons (Fsp3) is 0.706. The van der Waals surface area contributed by atoms with E-state index in [1.807, 2.05) is 4.90 Å². The Balaban J connectivity index is 1.88. The van der Waals surface area contributed by atoms with E-state index < -0.39 is 0 Å². The van der Waals surface area contributed by atoms with Crippen LogP contribution in [-0.2, 0) is 12.8 Å². The zero-order chi connectivity index (χ0) is 15.2. The van der Waals surface area contributed by atoms with Crippen molar-refractivity contribution in [3.63, 3.8) is 0 Å². The molecule has 1 saturated heterocycles. The molecule has 0 spiro atoms. The van der Waals surface area contributed by atoms with Gasteiger partial charge in [0.2, 0.25) is 0 Å². The number of hydrogen-bond acceptors (Lipinski definition) is 3. The van der Waals surface area contributed by atoms with Crippen LogP contribution in [0, 0.1) is 11.3 Å². The maximum atomic E-state index is 12.7. The van der Waals surface area contributed by atoms with Crippen molar-refractivity contribution >= 4 is 22.2 Å². The van der Waals surface area contributed by atoms with E-state index in [0.717, 1.165) is 49.3 Å². The van der Waals surface area contributed by atoms with Crippen LogP contribution in [0.4, 0.5) is 5.00 Å². The van der Waals surface area contributed by atoms with Crippen molar-refractivity contribution in [1.82, 2.24) is 4.90 Å². The molecule has 0 saturated carbocycles. The smallest absolute Gasteiger partial charge is 0.257 e. The van der Waals surface area contributed by atoms with Crippen LogP contribution >= 0.6 is 11.3 Å². The van der Waals surface area contributed by atoms with E-state index in [0.29, 0.717) is 11.3 Å². The summed E-state index contributed by atoms with van der Waals surface area (Å²) in [4.78, 5) is 16.1. The normalized spacial score (nSPS) is 22.4. The van der Waals surface area contributed by atoms with E-state index in [9.17, 15) is 4.79 Å². The summed E-state index contributed by atoms with van der Waals surface area (Å²) >= 11 is 1.65. The average molecular weight is 306 g/mol. The summed E-state index contributed by atoms with van der Waals surface area (Å²) in [6.07, 6.45) is 5.53. The Kier molecular flexibility index (Phi) is 3.76. The van der Waals surface area contributed by atoms with Gasteiger partial charge in [0, 0.05) is 18.0 Å². The lowest BCUT2D eigenvalue weighted by molar-refractivity contribution is 0.0792. The number of amides is 1. The molecule has 0 bridgehead atoms. The Labute approximate surface area is 131 Å². The maximum absolute atomic E-state index is 12.7. The molecule has 3 nitrogen and oxygen atoms in total. The van der Waals surface area contributed by atoms with Crippen LogP contribution in [0.1, 0.15) is 60.8 Å². The molecule has 116 valence electrons. The second-order valence-corrected chi connectivity index (χ2v) is 8.68. The largest absolute Gasteiger partial charge is 0.390 e. The number of thiophene rings is 1. The molecule has 1 fully saturated rings. The van der Waals surface area contributed by atoms with Crippen LogP contribution in [-0.4, -0.2) is 23.9 Å². The van der Waals surface area contributed by atoms with E-state index in [2.05, 4.69) is 20.8 Å². The molecule has 21 heavy (non-hydrogen) atoms. The van der Waals surface area contributed by atoms with Gasteiger partial charge < -0.3 is 10.6 Å². The van der Waals surface area contributed by atoms with Gasteiger partial charge in [-0.1, -0.05) is 20.8 Å². The molecule has 1 aliphatic carbocycles. The number of nitrogen functional groups attached to an aromatic ring is 1. The minimum Gasteiger partial charge on any atom is -0.390 e. The number of likely N-dealkylation sites (tertiary alicyclic amines) is 1. The zero-order valence-corrected chi connectivity index (χ0v) is 14.2. The van der Waals surface area contributed by atoms with Gasteiger partial charge in [-0.05, 0) is 49.0 Å². The summed E-state index contributed by atoms with van der Waals surface area (Å²) < 4.78 is 0. The molecule has 2 N–H and O–H groups in total. The number of anilines is 1. The quantitative estimate of drug-likeness (QED) is 0.859. The van der Waals surface area contributed by atoms with Crippen LogP contribution in [0.5, 0.6) is 0 Å². The Hall–Kier alpha value is -1.03. The fourth-order valence-electron chi connectivity index (χ4n) is 3.66. The van der Waals surface area contributed by atoms with Gasteiger partial charge >= 0.3 is 0 Å². The fourth-order valence-corrected chi connectivity index (χ4v) is 4.85. The van der Waals surface area contributed by atoms with Crippen LogP contribution in [0.15, 0.2) is 0 Å². The Morgan fingerprint density at radius 2 is 1.95 bits per heavy atom. The highest BCUT2D eigenvalue weighted by atomic mass is 32.1. The predicted molar refractivity (Wildman–Crippen MR) is 88.8 cm³/mol. The highest BCUT2D eigenvalue weighted by molar-refractivity contribution is 7.16. The van der Waals surface area contributed by atoms with E-state index in [-0.39, 0.29) is 5.91 Å². The van der Waals surface area contributed by atoms with E-state index in [1.54, 1.807) is 11.3 Å². The second kappa shape index (κ2) is 5.31. The summed E-state index contributed by atoms with van der Waals surface area (Å²) in [6, 6.07) is 0. The lowest BCUT2D eigenvalue weighted by atomic mass is 9.72. The number of carbonyl (C=O) groups excluding carboxylic acids is 1. The Morgan fingerprint density at radius 3 is 2.57 bits per heavy atom. The SMILES string of the molecule is CC(C)(C)C1CCc2c(sc(N)c2C(=O)N2CCCC2)C1. The summed E-state index contributed by atoms with van der Waals surface area (Å²) in [5.41, 5.74) is 8.64. The van der Waals surface area contributed by atoms with Crippen molar-refractivity contribution in [2.45, 2.75) is 52.9 Å². The lowest BCUT2D eigenvalue weighted by Crippen LogP contribution is -2.30. The van der Waals surface area contributed by atoms with E-state index in [1.165, 1.54) is 16.9 Å². The Morgan fingerprint density at radius 1 is 1.29 bits per heavy atom. The van der Waals surface area contributed by atoms with E-state index >= 15 is 0 Å². The average Bonchev–Trinajstić information content (AvgIpc) is 3.02. The highest BCUT2D eigenvalue weighted by Gasteiger charge is 2.34. The van der Waals surface area contributed by atoms with Gasteiger partial charge in [0.1, 0.15) is 0 Å².